The maximum absolute atomic E-state index is 11.2. The van der Waals surface area contributed by atoms with Crippen LogP contribution in [0.5, 0.6) is 5.75 Å². The Morgan fingerprint density at radius 1 is 1.30 bits per heavy atom. The third kappa shape index (κ3) is 2.99. The first kappa shape index (κ1) is 17.7. The van der Waals surface area contributed by atoms with Crippen molar-refractivity contribution in [2.75, 3.05) is 11.9 Å². The summed E-state index contributed by atoms with van der Waals surface area (Å²) in [6.45, 7) is 1.55. The standard InChI is InChI=1S/C22H21N5O2S/c23-20(28)8-13-6-16(13)25-14-9-17-21-18(10-14)29-5-1-4-27(21)22(26-17)12-2-3-15-19(7-12)30-11-24-15/h2-3,7,9-11,13,16,25H,1,4-6,8H2,(H2,23,28)/t13-,16?/m0/s1. The van der Waals surface area contributed by atoms with Gasteiger partial charge in [0.25, 0.3) is 0 Å². The largest absolute Gasteiger partial charge is 0.491 e. The highest BCUT2D eigenvalue weighted by molar-refractivity contribution is 7.16. The minimum absolute atomic E-state index is 0.240. The van der Waals surface area contributed by atoms with Gasteiger partial charge in [-0.05, 0) is 43.0 Å². The van der Waals surface area contributed by atoms with E-state index >= 15 is 0 Å². The molecular formula is C22H21N5O2S. The first-order valence-electron chi connectivity index (χ1n) is 10.2. The van der Waals surface area contributed by atoms with Crippen molar-refractivity contribution >= 4 is 44.2 Å². The molecule has 30 heavy (non-hydrogen) atoms. The van der Waals surface area contributed by atoms with E-state index in [0.717, 1.165) is 63.5 Å². The second kappa shape index (κ2) is 6.70. The van der Waals surface area contributed by atoms with Crippen LogP contribution in [-0.2, 0) is 11.3 Å². The van der Waals surface area contributed by atoms with Crippen molar-refractivity contribution in [3.63, 3.8) is 0 Å². The van der Waals surface area contributed by atoms with Gasteiger partial charge < -0.3 is 20.4 Å². The molecule has 2 aromatic heterocycles. The monoisotopic (exact) mass is 419 g/mol. The lowest BCUT2D eigenvalue weighted by Gasteiger charge is -2.10. The number of nitrogens with one attached hydrogen (secondary N) is 1. The minimum Gasteiger partial charge on any atom is -0.491 e. The van der Waals surface area contributed by atoms with E-state index in [9.17, 15) is 4.79 Å². The molecule has 1 unspecified atom stereocenters. The van der Waals surface area contributed by atoms with E-state index in [-0.39, 0.29) is 11.9 Å². The molecule has 2 aromatic carbocycles. The summed E-state index contributed by atoms with van der Waals surface area (Å²) in [4.78, 5) is 20.5. The van der Waals surface area contributed by atoms with E-state index in [0.29, 0.717) is 18.9 Å². The maximum atomic E-state index is 11.2. The molecule has 3 heterocycles. The molecule has 4 aromatic rings. The number of carbonyl (C=O) groups is 1. The average molecular weight is 420 g/mol. The molecule has 1 aliphatic heterocycles. The number of thiazole rings is 1. The molecule has 0 bridgehead atoms. The Balaban J connectivity index is 1.41. The van der Waals surface area contributed by atoms with Gasteiger partial charge in [-0.3, -0.25) is 4.79 Å². The molecule has 2 atom stereocenters. The van der Waals surface area contributed by atoms with Gasteiger partial charge in [0, 0.05) is 36.3 Å². The van der Waals surface area contributed by atoms with E-state index in [2.05, 4.69) is 45.2 Å². The number of nitrogens with zero attached hydrogens (tertiary/aromatic N) is 3. The Morgan fingerprint density at radius 2 is 2.23 bits per heavy atom. The molecule has 0 radical (unpaired) electrons. The second-order valence-electron chi connectivity index (χ2n) is 8.08. The number of imidazole rings is 1. The highest BCUT2D eigenvalue weighted by atomic mass is 32.1. The number of aryl methyl sites for hydroxylation is 1. The van der Waals surface area contributed by atoms with Gasteiger partial charge in [-0.25, -0.2) is 9.97 Å². The van der Waals surface area contributed by atoms with E-state index in [4.69, 9.17) is 15.5 Å². The van der Waals surface area contributed by atoms with Crippen LogP contribution >= 0.6 is 11.3 Å². The smallest absolute Gasteiger partial charge is 0.217 e. The van der Waals surface area contributed by atoms with Gasteiger partial charge in [0.15, 0.2) is 0 Å². The van der Waals surface area contributed by atoms with E-state index < -0.39 is 0 Å². The van der Waals surface area contributed by atoms with Crippen LogP contribution in [0.2, 0.25) is 0 Å². The van der Waals surface area contributed by atoms with Crippen LogP contribution in [0.3, 0.4) is 0 Å². The summed E-state index contributed by atoms with van der Waals surface area (Å²) in [5, 5.41) is 3.53. The van der Waals surface area contributed by atoms with Crippen molar-refractivity contribution < 1.29 is 9.53 Å². The quantitative estimate of drug-likeness (QED) is 0.513. The Morgan fingerprint density at radius 3 is 3.13 bits per heavy atom. The highest BCUT2D eigenvalue weighted by Crippen LogP contribution is 2.40. The Labute approximate surface area is 176 Å². The number of anilines is 1. The van der Waals surface area contributed by atoms with E-state index in [1.807, 2.05) is 5.51 Å². The number of hydrogen-bond donors (Lipinski definition) is 2. The molecule has 0 spiro atoms. The fourth-order valence-electron chi connectivity index (χ4n) is 4.38. The fourth-order valence-corrected chi connectivity index (χ4v) is 5.10. The lowest BCUT2D eigenvalue weighted by Crippen LogP contribution is -2.14. The number of rotatable bonds is 5. The zero-order chi connectivity index (χ0) is 20.2. The zero-order valence-electron chi connectivity index (χ0n) is 16.3. The fraction of sp³-hybridized carbons (Fsp3) is 0.318. The highest BCUT2D eigenvalue weighted by Gasteiger charge is 2.38. The SMILES string of the molecule is NC(=O)C[C@@H]1CC1Nc1cc2c3c(c1)nc(-c1ccc4ncsc4c1)n3CCCO2. The topological polar surface area (TPSA) is 95.1 Å². The third-order valence-corrected chi connectivity index (χ3v) is 6.71. The molecule has 2 aliphatic rings. The van der Waals surface area contributed by atoms with Crippen LogP contribution in [-0.4, -0.2) is 33.1 Å². The number of aromatic nitrogens is 3. The Kier molecular flexibility index (Phi) is 3.95. The number of fused-ring (bicyclic) bond motifs is 1. The summed E-state index contributed by atoms with van der Waals surface area (Å²) >= 11 is 1.64. The maximum Gasteiger partial charge on any atom is 0.217 e. The predicted molar refractivity (Wildman–Crippen MR) is 118 cm³/mol. The van der Waals surface area contributed by atoms with Crippen molar-refractivity contribution in [1.29, 1.82) is 0 Å². The van der Waals surface area contributed by atoms with Crippen LogP contribution in [0.4, 0.5) is 5.69 Å². The van der Waals surface area contributed by atoms with Crippen LogP contribution < -0.4 is 15.8 Å². The van der Waals surface area contributed by atoms with Crippen LogP contribution in [0.15, 0.2) is 35.8 Å². The summed E-state index contributed by atoms with van der Waals surface area (Å²) in [5.74, 6) is 1.90. The Hall–Kier alpha value is -3.13. The van der Waals surface area contributed by atoms with Crippen LogP contribution in [0.1, 0.15) is 19.3 Å². The lowest BCUT2D eigenvalue weighted by molar-refractivity contribution is -0.118. The van der Waals surface area contributed by atoms with E-state index in [1.165, 1.54) is 0 Å². The first-order chi connectivity index (χ1) is 14.7. The number of ether oxygens (including phenoxy) is 1. The molecule has 8 heteroatoms. The molecular weight excluding hydrogens is 398 g/mol. The minimum atomic E-state index is -0.240. The zero-order valence-corrected chi connectivity index (χ0v) is 17.1. The molecule has 1 aliphatic carbocycles. The van der Waals surface area contributed by atoms with Crippen LogP contribution in [0.25, 0.3) is 32.6 Å². The summed E-state index contributed by atoms with van der Waals surface area (Å²) in [7, 11) is 0. The van der Waals surface area contributed by atoms with Gasteiger partial charge >= 0.3 is 0 Å². The van der Waals surface area contributed by atoms with Gasteiger partial charge in [0.1, 0.15) is 17.1 Å². The second-order valence-corrected chi connectivity index (χ2v) is 8.97. The summed E-state index contributed by atoms with van der Waals surface area (Å²) in [5.41, 5.74) is 12.3. The Bertz CT molecular complexity index is 1290. The molecule has 0 saturated heterocycles. The summed E-state index contributed by atoms with van der Waals surface area (Å²) in [6, 6.07) is 10.7. The molecule has 6 rings (SSSR count). The van der Waals surface area contributed by atoms with E-state index in [1.54, 1.807) is 11.3 Å². The van der Waals surface area contributed by atoms with Gasteiger partial charge in [0.05, 0.1) is 27.9 Å². The molecule has 1 amide bonds. The number of primary amides is 1. The number of amides is 1. The number of nitrogens with two attached hydrogens (primary N) is 1. The number of carbonyl (C=O) groups excluding carboxylic acids is 1. The van der Waals surface area contributed by atoms with Gasteiger partial charge in [0.2, 0.25) is 5.91 Å². The molecule has 152 valence electrons. The first-order valence-corrected chi connectivity index (χ1v) is 11.1. The summed E-state index contributed by atoms with van der Waals surface area (Å²) < 4.78 is 9.51. The number of hydrogen-bond acceptors (Lipinski definition) is 6. The molecule has 3 N–H and O–H groups in total. The van der Waals surface area contributed by atoms with Crippen LogP contribution in [0, 0.1) is 5.92 Å². The lowest BCUT2D eigenvalue weighted by atomic mass is 10.2. The van der Waals surface area contributed by atoms with Gasteiger partial charge in [-0.15, -0.1) is 11.3 Å². The average Bonchev–Trinajstić information content (AvgIpc) is 3.16. The molecule has 7 nitrogen and oxygen atoms in total. The van der Waals surface area contributed by atoms with Gasteiger partial charge in [-0.1, -0.05) is 0 Å². The molecule has 1 fully saturated rings. The number of benzene rings is 2. The van der Waals surface area contributed by atoms with Gasteiger partial charge in [-0.2, -0.15) is 0 Å². The van der Waals surface area contributed by atoms with Crippen molar-refractivity contribution in [2.45, 2.75) is 31.8 Å². The van der Waals surface area contributed by atoms with Crippen molar-refractivity contribution in [3.8, 4) is 17.1 Å². The van der Waals surface area contributed by atoms with Crippen molar-refractivity contribution in [1.82, 2.24) is 14.5 Å². The normalized spacial score (nSPS) is 20.1. The predicted octanol–water partition coefficient (Wildman–Crippen LogP) is 3.77. The van der Waals surface area contributed by atoms with Crippen molar-refractivity contribution in [2.24, 2.45) is 11.7 Å². The molecule has 1 saturated carbocycles. The summed E-state index contributed by atoms with van der Waals surface area (Å²) in [6.07, 6.45) is 2.33. The third-order valence-electron chi connectivity index (χ3n) is 5.92. The van der Waals surface area contributed by atoms with Crippen molar-refractivity contribution in [3.05, 3.63) is 35.8 Å².